The molecule has 0 spiro atoms. The van der Waals surface area contributed by atoms with Crippen molar-refractivity contribution < 1.29 is 44.7 Å². The zero-order chi connectivity index (χ0) is 19.1. The Morgan fingerprint density at radius 3 is 1.12 bits per heavy atom. The molecule has 9 nitrogen and oxygen atoms in total. The van der Waals surface area contributed by atoms with E-state index in [1.54, 1.807) is 0 Å². The highest BCUT2D eigenvalue weighted by atomic mass is 16.4. The van der Waals surface area contributed by atoms with Crippen molar-refractivity contribution in [2.45, 2.75) is 26.2 Å². The maximum atomic E-state index is 10.3. The van der Waals surface area contributed by atoms with E-state index in [-0.39, 0.29) is 24.0 Å². The largest absolute Gasteiger partial charge is 0.481 e. The number of aliphatic hydroxyl groups is 1. The van der Waals surface area contributed by atoms with Crippen molar-refractivity contribution >= 4 is 23.9 Å². The van der Waals surface area contributed by atoms with E-state index < -0.39 is 23.9 Å². The summed E-state index contributed by atoms with van der Waals surface area (Å²) in [5.74, 6) is -4.28. The monoisotopic (exact) mass is 344 g/mol. The zero-order valence-electron chi connectivity index (χ0n) is 13.0. The van der Waals surface area contributed by atoms with Crippen molar-refractivity contribution in [3.63, 3.8) is 0 Å². The molecule has 0 aliphatic heterocycles. The average molecular weight is 344 g/mol. The van der Waals surface area contributed by atoms with Crippen LogP contribution in [0.25, 0.3) is 0 Å². The second-order valence-electron chi connectivity index (χ2n) is 4.20. The number of aromatic carboxylic acids is 2. The van der Waals surface area contributed by atoms with Gasteiger partial charge in [0, 0.05) is 6.61 Å². The SMILES string of the molecule is CCCO.O=C(O)CCC(=O)O.O=C(O)c1ccc(C(=O)O)cc1. The Labute approximate surface area is 137 Å². The predicted molar refractivity (Wildman–Crippen MR) is 82.2 cm³/mol. The van der Waals surface area contributed by atoms with Crippen molar-refractivity contribution in [3.8, 4) is 0 Å². The first-order valence-corrected chi connectivity index (χ1v) is 6.76. The molecule has 0 atom stereocenters. The van der Waals surface area contributed by atoms with Crippen molar-refractivity contribution in [2.24, 2.45) is 0 Å². The van der Waals surface area contributed by atoms with Crippen LogP contribution in [0.15, 0.2) is 24.3 Å². The van der Waals surface area contributed by atoms with Crippen LogP contribution in [0.4, 0.5) is 0 Å². The standard InChI is InChI=1S/C8H6O4.C4H6O4.C3H8O/c9-7(10)5-1-2-6(4-3-5)8(11)12;5-3(6)1-2-4(7)8;1-2-3-4/h1-4H,(H,9,10)(H,11,12);1-2H2,(H,5,6)(H,7,8);4H,2-3H2,1H3. The van der Waals surface area contributed by atoms with Gasteiger partial charge in [0.15, 0.2) is 0 Å². The van der Waals surface area contributed by atoms with E-state index in [1.807, 2.05) is 6.92 Å². The molecule has 0 aliphatic rings. The number of carboxylic acids is 4. The van der Waals surface area contributed by atoms with Gasteiger partial charge in [-0.25, -0.2) is 9.59 Å². The first-order chi connectivity index (χ1) is 11.1. The van der Waals surface area contributed by atoms with Crippen molar-refractivity contribution in [2.75, 3.05) is 6.61 Å². The zero-order valence-corrected chi connectivity index (χ0v) is 13.0. The molecule has 134 valence electrons. The normalized spacial score (nSPS) is 8.75. The van der Waals surface area contributed by atoms with Crippen molar-refractivity contribution in [3.05, 3.63) is 35.4 Å². The quantitative estimate of drug-likeness (QED) is 0.512. The molecule has 5 N–H and O–H groups in total. The van der Waals surface area contributed by atoms with Crippen LogP contribution in [0.3, 0.4) is 0 Å². The molecule has 1 aromatic rings. The minimum atomic E-state index is -1.08. The average Bonchev–Trinajstić information content (AvgIpc) is 2.53. The molecule has 0 heterocycles. The molecule has 0 bridgehead atoms. The third-order valence-electron chi connectivity index (χ3n) is 2.16. The highest BCUT2D eigenvalue weighted by molar-refractivity contribution is 5.91. The summed E-state index contributed by atoms with van der Waals surface area (Å²) < 4.78 is 0. The summed E-state index contributed by atoms with van der Waals surface area (Å²) in [6.45, 7) is 2.25. The van der Waals surface area contributed by atoms with Crippen LogP contribution < -0.4 is 0 Å². The van der Waals surface area contributed by atoms with Gasteiger partial charge in [-0.2, -0.15) is 0 Å². The van der Waals surface area contributed by atoms with Gasteiger partial charge in [0.1, 0.15) is 0 Å². The Morgan fingerprint density at radius 1 is 0.750 bits per heavy atom. The second-order valence-corrected chi connectivity index (χ2v) is 4.20. The minimum Gasteiger partial charge on any atom is -0.481 e. The highest BCUT2D eigenvalue weighted by Crippen LogP contribution is 2.03. The summed E-state index contributed by atoms with van der Waals surface area (Å²) >= 11 is 0. The van der Waals surface area contributed by atoms with E-state index in [2.05, 4.69) is 0 Å². The lowest BCUT2D eigenvalue weighted by atomic mass is 10.1. The number of hydrogen-bond acceptors (Lipinski definition) is 5. The maximum Gasteiger partial charge on any atom is 0.335 e. The van der Waals surface area contributed by atoms with Crippen LogP contribution in [-0.4, -0.2) is 56.0 Å². The van der Waals surface area contributed by atoms with E-state index in [1.165, 1.54) is 24.3 Å². The lowest BCUT2D eigenvalue weighted by Crippen LogP contribution is -2.00. The molecule has 0 aromatic heterocycles. The molecule has 0 radical (unpaired) electrons. The molecule has 1 aromatic carbocycles. The number of carbonyl (C=O) groups is 4. The molecular weight excluding hydrogens is 324 g/mol. The fraction of sp³-hybridized carbons (Fsp3) is 0.333. The number of benzene rings is 1. The van der Waals surface area contributed by atoms with Gasteiger partial charge in [-0.3, -0.25) is 9.59 Å². The molecule has 0 saturated carbocycles. The van der Waals surface area contributed by atoms with Crippen LogP contribution in [0.5, 0.6) is 0 Å². The summed E-state index contributed by atoms with van der Waals surface area (Å²) in [5, 5.41) is 40.6. The number of hydrogen-bond donors (Lipinski definition) is 5. The third kappa shape index (κ3) is 14.0. The Hall–Kier alpha value is -2.94. The maximum absolute atomic E-state index is 10.3. The van der Waals surface area contributed by atoms with Gasteiger partial charge >= 0.3 is 23.9 Å². The molecule has 24 heavy (non-hydrogen) atoms. The number of rotatable bonds is 6. The molecule has 0 saturated heterocycles. The predicted octanol–water partition coefficient (Wildman–Crippen LogP) is 1.41. The highest BCUT2D eigenvalue weighted by Gasteiger charge is 2.04. The first-order valence-electron chi connectivity index (χ1n) is 6.76. The summed E-state index contributed by atoms with van der Waals surface area (Å²) in [4.78, 5) is 40.0. The smallest absolute Gasteiger partial charge is 0.335 e. The van der Waals surface area contributed by atoms with Gasteiger partial charge in [0.2, 0.25) is 0 Å². The van der Waals surface area contributed by atoms with Crippen LogP contribution in [0.1, 0.15) is 46.9 Å². The summed E-state index contributed by atoms with van der Waals surface area (Å²) in [7, 11) is 0. The molecule has 1 rings (SSSR count). The van der Waals surface area contributed by atoms with Crippen LogP contribution in [-0.2, 0) is 9.59 Å². The second kappa shape index (κ2) is 13.7. The van der Waals surface area contributed by atoms with Gasteiger partial charge in [0.05, 0.1) is 24.0 Å². The summed E-state index contributed by atoms with van der Waals surface area (Å²) in [6.07, 6.45) is 0.282. The number of carboxylic acid groups (broad SMARTS) is 4. The van der Waals surface area contributed by atoms with Gasteiger partial charge < -0.3 is 25.5 Å². The summed E-state index contributed by atoms with van der Waals surface area (Å²) in [6, 6.07) is 5.02. The molecule has 0 amide bonds. The molecule has 0 unspecified atom stereocenters. The fourth-order valence-corrected chi connectivity index (χ4v) is 0.969. The lowest BCUT2D eigenvalue weighted by molar-refractivity contribution is -0.143. The lowest BCUT2D eigenvalue weighted by Gasteiger charge is -1.94. The molecule has 0 aliphatic carbocycles. The van der Waals surface area contributed by atoms with E-state index in [0.29, 0.717) is 6.61 Å². The van der Waals surface area contributed by atoms with Crippen LogP contribution in [0.2, 0.25) is 0 Å². The Balaban J connectivity index is 0. The van der Waals surface area contributed by atoms with Gasteiger partial charge in [-0.15, -0.1) is 0 Å². The Bertz CT molecular complexity index is 485. The fourth-order valence-electron chi connectivity index (χ4n) is 0.969. The van der Waals surface area contributed by atoms with E-state index in [9.17, 15) is 19.2 Å². The first kappa shape index (κ1) is 23.3. The Morgan fingerprint density at radius 2 is 1.00 bits per heavy atom. The summed E-state index contributed by atoms with van der Waals surface area (Å²) in [5.41, 5.74) is 0.167. The van der Waals surface area contributed by atoms with Crippen LogP contribution >= 0.6 is 0 Å². The molecule has 9 heteroatoms. The topological polar surface area (TPSA) is 169 Å². The Kier molecular flexibility index (Phi) is 13.3. The van der Waals surface area contributed by atoms with E-state index >= 15 is 0 Å². The van der Waals surface area contributed by atoms with Gasteiger partial charge in [0.25, 0.3) is 0 Å². The van der Waals surface area contributed by atoms with E-state index in [4.69, 9.17) is 25.5 Å². The number of aliphatic hydroxyl groups excluding tert-OH is 1. The minimum absolute atomic E-state index is 0.0833. The van der Waals surface area contributed by atoms with E-state index in [0.717, 1.165) is 6.42 Å². The van der Waals surface area contributed by atoms with Crippen molar-refractivity contribution in [1.82, 2.24) is 0 Å². The van der Waals surface area contributed by atoms with Crippen molar-refractivity contribution in [1.29, 1.82) is 0 Å². The van der Waals surface area contributed by atoms with Gasteiger partial charge in [-0.1, -0.05) is 6.92 Å². The third-order valence-corrected chi connectivity index (χ3v) is 2.16. The number of aliphatic carboxylic acids is 2. The molecule has 0 fully saturated rings. The van der Waals surface area contributed by atoms with Gasteiger partial charge in [-0.05, 0) is 30.7 Å². The molecular formula is C15H20O9. The van der Waals surface area contributed by atoms with Crippen LogP contribution in [0, 0.1) is 0 Å².